The number of piperazine rings is 1. The monoisotopic (exact) mass is 326 g/mol. The molecule has 2 heterocycles. The van der Waals surface area contributed by atoms with E-state index in [-0.39, 0.29) is 0 Å². The summed E-state index contributed by atoms with van der Waals surface area (Å²) in [5, 5.41) is 8.41. The molecule has 0 radical (unpaired) electrons. The van der Waals surface area contributed by atoms with E-state index >= 15 is 0 Å². The summed E-state index contributed by atoms with van der Waals surface area (Å²) in [5.41, 5.74) is 0.985. The highest BCUT2D eigenvalue weighted by Crippen LogP contribution is 2.24. The van der Waals surface area contributed by atoms with Gasteiger partial charge >= 0.3 is 0 Å². The van der Waals surface area contributed by atoms with Crippen LogP contribution in [-0.4, -0.2) is 52.2 Å². The maximum absolute atomic E-state index is 5.84. The number of rotatable bonds is 4. The van der Waals surface area contributed by atoms with Gasteiger partial charge in [-0.2, -0.15) is 0 Å². The van der Waals surface area contributed by atoms with Crippen molar-refractivity contribution < 1.29 is 4.42 Å². The molecule has 1 aromatic heterocycles. The highest BCUT2D eigenvalue weighted by Gasteiger charge is 2.25. The van der Waals surface area contributed by atoms with Crippen LogP contribution in [0.1, 0.15) is 38.0 Å². The lowest BCUT2D eigenvalue weighted by atomic mass is 9.94. The van der Waals surface area contributed by atoms with E-state index in [1.807, 2.05) is 30.3 Å². The molecule has 128 valence electrons. The summed E-state index contributed by atoms with van der Waals surface area (Å²) in [5.74, 6) is 1.34. The van der Waals surface area contributed by atoms with E-state index in [0.29, 0.717) is 5.89 Å². The molecule has 5 heteroatoms. The molecule has 1 aromatic carbocycles. The first-order chi connectivity index (χ1) is 11.9. The molecular formula is C19H26N4O. The van der Waals surface area contributed by atoms with Crippen molar-refractivity contribution in [3.63, 3.8) is 0 Å². The fraction of sp³-hybridized carbons (Fsp3) is 0.579. The number of nitrogens with zero attached hydrogens (tertiary/aromatic N) is 4. The van der Waals surface area contributed by atoms with E-state index in [9.17, 15) is 0 Å². The molecule has 0 unspecified atom stereocenters. The summed E-state index contributed by atoms with van der Waals surface area (Å²) >= 11 is 0. The average Bonchev–Trinajstić information content (AvgIpc) is 3.12. The maximum Gasteiger partial charge on any atom is 0.247 e. The molecule has 0 spiro atoms. The normalized spacial score (nSPS) is 21.2. The van der Waals surface area contributed by atoms with Crippen LogP contribution in [-0.2, 0) is 6.54 Å². The fourth-order valence-electron chi connectivity index (χ4n) is 3.94. The molecule has 1 saturated carbocycles. The molecular weight excluding hydrogens is 300 g/mol. The lowest BCUT2D eigenvalue weighted by molar-refractivity contribution is 0.0714. The highest BCUT2D eigenvalue weighted by atomic mass is 16.4. The molecule has 1 aliphatic heterocycles. The third-order valence-corrected chi connectivity index (χ3v) is 5.34. The summed E-state index contributed by atoms with van der Waals surface area (Å²) < 4.78 is 5.84. The van der Waals surface area contributed by atoms with Crippen LogP contribution < -0.4 is 0 Å². The second-order valence-electron chi connectivity index (χ2n) is 6.97. The predicted octanol–water partition coefficient (Wildman–Crippen LogP) is 3.19. The van der Waals surface area contributed by atoms with Crippen LogP contribution in [0.4, 0.5) is 0 Å². The van der Waals surface area contributed by atoms with Crippen LogP contribution in [0.5, 0.6) is 0 Å². The second kappa shape index (κ2) is 7.45. The summed E-state index contributed by atoms with van der Waals surface area (Å²) in [4.78, 5) is 5.13. The quantitative estimate of drug-likeness (QED) is 0.863. The Morgan fingerprint density at radius 1 is 0.917 bits per heavy atom. The third kappa shape index (κ3) is 3.68. The largest absolute Gasteiger partial charge is 0.419 e. The topological polar surface area (TPSA) is 45.4 Å². The van der Waals surface area contributed by atoms with Crippen LogP contribution in [0.15, 0.2) is 34.7 Å². The van der Waals surface area contributed by atoms with Crippen LogP contribution in [0.2, 0.25) is 0 Å². The van der Waals surface area contributed by atoms with Gasteiger partial charge in [-0.25, -0.2) is 0 Å². The van der Waals surface area contributed by atoms with Crippen molar-refractivity contribution in [3.05, 3.63) is 36.2 Å². The minimum absolute atomic E-state index is 0.617. The Kier molecular flexibility index (Phi) is 4.90. The van der Waals surface area contributed by atoms with Crippen molar-refractivity contribution in [3.8, 4) is 11.5 Å². The van der Waals surface area contributed by atoms with Gasteiger partial charge in [0.05, 0.1) is 6.54 Å². The van der Waals surface area contributed by atoms with Crippen LogP contribution in [0.3, 0.4) is 0 Å². The van der Waals surface area contributed by atoms with Gasteiger partial charge in [0.25, 0.3) is 0 Å². The van der Waals surface area contributed by atoms with E-state index in [0.717, 1.165) is 37.1 Å². The lowest BCUT2D eigenvalue weighted by Gasteiger charge is -2.40. The molecule has 5 nitrogen and oxygen atoms in total. The molecule has 2 aliphatic rings. The molecule has 2 fully saturated rings. The predicted molar refractivity (Wildman–Crippen MR) is 93.5 cm³/mol. The summed E-state index contributed by atoms with van der Waals surface area (Å²) in [6, 6.07) is 10.8. The Balaban J connectivity index is 1.30. The molecule has 0 amide bonds. The first-order valence-corrected chi connectivity index (χ1v) is 9.23. The van der Waals surface area contributed by atoms with Gasteiger partial charge in [0, 0.05) is 37.8 Å². The molecule has 1 saturated heterocycles. The van der Waals surface area contributed by atoms with Gasteiger partial charge in [-0.05, 0) is 25.0 Å². The van der Waals surface area contributed by atoms with Crippen LogP contribution in [0.25, 0.3) is 11.5 Å². The smallest absolute Gasteiger partial charge is 0.247 e. The van der Waals surface area contributed by atoms with Crippen LogP contribution >= 0.6 is 0 Å². The van der Waals surface area contributed by atoms with E-state index in [1.165, 1.54) is 45.2 Å². The molecule has 4 rings (SSSR count). The van der Waals surface area contributed by atoms with Gasteiger partial charge < -0.3 is 4.42 Å². The fourth-order valence-corrected chi connectivity index (χ4v) is 3.94. The Hall–Kier alpha value is -1.72. The summed E-state index contributed by atoms with van der Waals surface area (Å²) in [6.45, 7) is 5.30. The second-order valence-corrected chi connectivity index (χ2v) is 6.97. The Morgan fingerprint density at radius 2 is 1.67 bits per heavy atom. The van der Waals surface area contributed by atoms with Crippen molar-refractivity contribution in [2.45, 2.75) is 44.7 Å². The lowest BCUT2D eigenvalue weighted by Crippen LogP contribution is -2.50. The minimum Gasteiger partial charge on any atom is -0.419 e. The van der Waals surface area contributed by atoms with Gasteiger partial charge in [-0.3, -0.25) is 9.80 Å². The molecule has 0 atom stereocenters. The first-order valence-electron chi connectivity index (χ1n) is 9.23. The van der Waals surface area contributed by atoms with E-state index in [4.69, 9.17) is 4.42 Å². The van der Waals surface area contributed by atoms with E-state index in [2.05, 4.69) is 20.0 Å². The third-order valence-electron chi connectivity index (χ3n) is 5.34. The van der Waals surface area contributed by atoms with Crippen LogP contribution in [0, 0.1) is 0 Å². The number of aromatic nitrogens is 2. The van der Waals surface area contributed by atoms with Crippen molar-refractivity contribution in [2.24, 2.45) is 0 Å². The van der Waals surface area contributed by atoms with Crippen molar-refractivity contribution in [1.29, 1.82) is 0 Å². The molecule has 2 aromatic rings. The molecule has 0 bridgehead atoms. The number of hydrogen-bond acceptors (Lipinski definition) is 5. The Labute approximate surface area is 143 Å². The molecule has 1 aliphatic carbocycles. The summed E-state index contributed by atoms with van der Waals surface area (Å²) in [6.07, 6.45) is 7.04. The average molecular weight is 326 g/mol. The zero-order chi connectivity index (χ0) is 16.2. The zero-order valence-electron chi connectivity index (χ0n) is 14.2. The Morgan fingerprint density at radius 3 is 2.42 bits per heavy atom. The molecule has 0 N–H and O–H groups in total. The Bertz CT molecular complexity index is 628. The SMILES string of the molecule is c1ccc(-c2nnc(CN3CCN(C4CCCCC4)CC3)o2)cc1. The van der Waals surface area contributed by atoms with Gasteiger partial charge in [0.15, 0.2) is 0 Å². The summed E-state index contributed by atoms with van der Waals surface area (Å²) in [7, 11) is 0. The number of benzene rings is 1. The van der Waals surface area contributed by atoms with Crippen molar-refractivity contribution in [1.82, 2.24) is 20.0 Å². The zero-order valence-corrected chi connectivity index (χ0v) is 14.2. The standard InChI is InChI=1S/C19H26N4O/c1-3-7-16(8-4-1)19-21-20-18(24-19)15-22-11-13-23(14-12-22)17-9-5-2-6-10-17/h1,3-4,7-8,17H,2,5-6,9-15H2. The highest BCUT2D eigenvalue weighted by molar-refractivity contribution is 5.51. The van der Waals surface area contributed by atoms with Crippen molar-refractivity contribution >= 4 is 0 Å². The maximum atomic E-state index is 5.84. The number of hydrogen-bond donors (Lipinski definition) is 0. The van der Waals surface area contributed by atoms with Gasteiger partial charge in [0.2, 0.25) is 11.8 Å². The van der Waals surface area contributed by atoms with Gasteiger partial charge in [-0.15, -0.1) is 10.2 Å². The van der Waals surface area contributed by atoms with E-state index in [1.54, 1.807) is 0 Å². The van der Waals surface area contributed by atoms with Crippen molar-refractivity contribution in [2.75, 3.05) is 26.2 Å². The van der Waals surface area contributed by atoms with E-state index < -0.39 is 0 Å². The van der Waals surface area contributed by atoms with Gasteiger partial charge in [0.1, 0.15) is 0 Å². The minimum atomic E-state index is 0.617. The molecule has 24 heavy (non-hydrogen) atoms. The van der Waals surface area contributed by atoms with Gasteiger partial charge in [-0.1, -0.05) is 37.5 Å². The first kappa shape index (κ1) is 15.8.